The van der Waals surface area contributed by atoms with E-state index in [1.807, 2.05) is 12.1 Å². The van der Waals surface area contributed by atoms with Crippen molar-refractivity contribution in [1.82, 2.24) is 5.32 Å². The van der Waals surface area contributed by atoms with E-state index in [0.717, 1.165) is 5.56 Å². The maximum Gasteiger partial charge on any atom is 0.254 e. The minimum atomic E-state index is -0.371. The van der Waals surface area contributed by atoms with E-state index in [-0.39, 0.29) is 28.3 Å². The fraction of sp³-hybridized carbons (Fsp3) is 0.133. The lowest BCUT2D eigenvalue weighted by molar-refractivity contribution is 0.0951. The molecule has 0 radical (unpaired) electrons. The summed E-state index contributed by atoms with van der Waals surface area (Å²) in [5, 5.41) is 3.56. The highest BCUT2D eigenvalue weighted by Crippen LogP contribution is 2.32. The average molecular weight is 359 g/mol. The topological polar surface area (TPSA) is 47.6 Å². The van der Waals surface area contributed by atoms with Gasteiger partial charge in [0.15, 0.2) is 11.5 Å². The molecule has 0 aliphatic carbocycles. The fourth-order valence-corrected chi connectivity index (χ4v) is 3.07. The monoisotopic (exact) mass is 357 g/mol. The first kappa shape index (κ1) is 15.3. The van der Waals surface area contributed by atoms with Crippen LogP contribution in [0.25, 0.3) is 0 Å². The second-order valence-electron chi connectivity index (χ2n) is 4.61. The summed E-state index contributed by atoms with van der Waals surface area (Å²) in [6, 6.07) is 8.41. The zero-order valence-electron chi connectivity index (χ0n) is 11.2. The van der Waals surface area contributed by atoms with Gasteiger partial charge in [0.2, 0.25) is 6.79 Å². The minimum Gasteiger partial charge on any atom is -0.454 e. The SMILES string of the molecule is O=C(NCc1ccc2c(c1)OCO2)c1c(Cl)cc(Cl)cc1Cl. The van der Waals surface area contributed by atoms with Crippen molar-refractivity contribution >= 4 is 40.7 Å². The van der Waals surface area contributed by atoms with Gasteiger partial charge < -0.3 is 14.8 Å². The van der Waals surface area contributed by atoms with Gasteiger partial charge in [-0.3, -0.25) is 4.79 Å². The van der Waals surface area contributed by atoms with E-state index in [0.29, 0.717) is 23.1 Å². The summed E-state index contributed by atoms with van der Waals surface area (Å²) < 4.78 is 10.5. The van der Waals surface area contributed by atoms with Crippen LogP contribution in [-0.2, 0) is 6.54 Å². The first-order valence-corrected chi connectivity index (χ1v) is 7.49. The molecule has 0 saturated heterocycles. The van der Waals surface area contributed by atoms with Crippen molar-refractivity contribution in [2.45, 2.75) is 6.54 Å². The predicted molar refractivity (Wildman–Crippen MR) is 85.2 cm³/mol. The molecule has 7 heteroatoms. The summed E-state index contributed by atoms with van der Waals surface area (Å²) in [4.78, 5) is 12.2. The molecule has 2 aromatic carbocycles. The number of hydrogen-bond donors (Lipinski definition) is 1. The summed E-state index contributed by atoms with van der Waals surface area (Å²) in [6.45, 7) is 0.520. The molecule has 3 rings (SSSR count). The third-order valence-electron chi connectivity index (χ3n) is 3.12. The van der Waals surface area contributed by atoms with Gasteiger partial charge >= 0.3 is 0 Å². The molecule has 0 aromatic heterocycles. The van der Waals surface area contributed by atoms with Crippen LogP contribution in [-0.4, -0.2) is 12.7 Å². The number of halogens is 3. The molecule has 1 aliphatic rings. The van der Waals surface area contributed by atoms with Crippen LogP contribution in [0, 0.1) is 0 Å². The maximum atomic E-state index is 12.2. The van der Waals surface area contributed by atoms with Gasteiger partial charge in [0.1, 0.15) is 0 Å². The number of amides is 1. The molecule has 1 N–H and O–H groups in total. The van der Waals surface area contributed by atoms with Gasteiger partial charge in [-0.05, 0) is 29.8 Å². The summed E-state index contributed by atoms with van der Waals surface area (Å²) in [6.07, 6.45) is 0. The van der Waals surface area contributed by atoms with Crippen LogP contribution in [0.5, 0.6) is 11.5 Å². The Morgan fingerprint density at radius 1 is 1.05 bits per heavy atom. The highest BCUT2D eigenvalue weighted by Gasteiger charge is 2.17. The van der Waals surface area contributed by atoms with Gasteiger partial charge in [0, 0.05) is 11.6 Å². The number of fused-ring (bicyclic) bond motifs is 1. The van der Waals surface area contributed by atoms with Crippen LogP contribution < -0.4 is 14.8 Å². The Kier molecular flexibility index (Phi) is 4.34. The molecule has 0 unspecified atom stereocenters. The van der Waals surface area contributed by atoms with Gasteiger partial charge in [-0.25, -0.2) is 0 Å². The van der Waals surface area contributed by atoms with E-state index in [2.05, 4.69) is 5.32 Å². The Labute approximate surface area is 141 Å². The lowest BCUT2D eigenvalue weighted by Gasteiger charge is -2.09. The molecule has 2 aromatic rings. The molecule has 1 amide bonds. The van der Waals surface area contributed by atoms with Gasteiger partial charge in [0.25, 0.3) is 5.91 Å². The highest BCUT2D eigenvalue weighted by molar-refractivity contribution is 6.42. The number of carbonyl (C=O) groups is 1. The van der Waals surface area contributed by atoms with Crippen molar-refractivity contribution in [2.75, 3.05) is 6.79 Å². The molecule has 0 atom stereocenters. The molecule has 0 saturated carbocycles. The normalized spacial score (nSPS) is 12.3. The third-order valence-corrected chi connectivity index (χ3v) is 3.94. The summed E-state index contributed by atoms with van der Waals surface area (Å²) in [5.41, 5.74) is 1.08. The second-order valence-corrected chi connectivity index (χ2v) is 5.87. The Bertz CT molecular complexity index is 726. The Hall–Kier alpha value is -1.62. The molecule has 114 valence electrons. The fourth-order valence-electron chi connectivity index (χ4n) is 2.08. The smallest absolute Gasteiger partial charge is 0.254 e. The average Bonchev–Trinajstić information content (AvgIpc) is 2.91. The highest BCUT2D eigenvalue weighted by atomic mass is 35.5. The van der Waals surface area contributed by atoms with Crippen molar-refractivity contribution < 1.29 is 14.3 Å². The third kappa shape index (κ3) is 3.09. The first-order chi connectivity index (χ1) is 10.5. The molecule has 4 nitrogen and oxygen atoms in total. The molecule has 1 aliphatic heterocycles. The van der Waals surface area contributed by atoms with Crippen LogP contribution in [0.3, 0.4) is 0 Å². The number of ether oxygens (including phenoxy) is 2. The molecular formula is C15H10Cl3NO3. The predicted octanol–water partition coefficient (Wildman–Crippen LogP) is 4.31. The van der Waals surface area contributed by atoms with Gasteiger partial charge in [-0.2, -0.15) is 0 Å². The molecular weight excluding hydrogens is 349 g/mol. The second kappa shape index (κ2) is 6.24. The van der Waals surface area contributed by atoms with Crippen molar-refractivity contribution in [3.63, 3.8) is 0 Å². The largest absolute Gasteiger partial charge is 0.454 e. The van der Waals surface area contributed by atoms with E-state index in [4.69, 9.17) is 44.3 Å². The van der Waals surface area contributed by atoms with Gasteiger partial charge in [-0.1, -0.05) is 40.9 Å². The number of benzene rings is 2. The summed E-state index contributed by atoms with van der Waals surface area (Å²) in [7, 11) is 0. The number of carbonyl (C=O) groups excluding carboxylic acids is 1. The Morgan fingerprint density at radius 3 is 2.45 bits per heavy atom. The van der Waals surface area contributed by atoms with Crippen molar-refractivity contribution in [3.05, 3.63) is 56.5 Å². The van der Waals surface area contributed by atoms with Gasteiger partial charge in [0.05, 0.1) is 15.6 Å². The molecule has 0 spiro atoms. The standard InChI is InChI=1S/C15H10Cl3NO3/c16-9-4-10(17)14(11(18)5-9)15(20)19-6-8-1-2-12-13(3-8)22-7-21-12/h1-5H,6-7H2,(H,19,20). The summed E-state index contributed by atoms with van der Waals surface area (Å²) >= 11 is 17.9. The molecule has 22 heavy (non-hydrogen) atoms. The number of nitrogens with one attached hydrogen (secondary N) is 1. The molecule has 0 fully saturated rings. The number of rotatable bonds is 3. The van der Waals surface area contributed by atoms with Crippen LogP contribution in [0.4, 0.5) is 0 Å². The Morgan fingerprint density at radius 2 is 1.73 bits per heavy atom. The number of hydrogen-bond acceptors (Lipinski definition) is 3. The van der Waals surface area contributed by atoms with Crippen molar-refractivity contribution in [2.24, 2.45) is 0 Å². The van der Waals surface area contributed by atoms with Crippen LogP contribution in [0.2, 0.25) is 15.1 Å². The van der Waals surface area contributed by atoms with Crippen molar-refractivity contribution in [3.8, 4) is 11.5 Å². The van der Waals surface area contributed by atoms with Crippen LogP contribution >= 0.6 is 34.8 Å². The lowest BCUT2D eigenvalue weighted by atomic mass is 10.1. The van der Waals surface area contributed by atoms with E-state index in [9.17, 15) is 4.79 Å². The zero-order chi connectivity index (χ0) is 15.7. The van der Waals surface area contributed by atoms with E-state index in [1.165, 1.54) is 12.1 Å². The lowest BCUT2D eigenvalue weighted by Crippen LogP contribution is -2.23. The Balaban J connectivity index is 1.73. The maximum absolute atomic E-state index is 12.2. The first-order valence-electron chi connectivity index (χ1n) is 6.36. The minimum absolute atomic E-state index is 0.202. The van der Waals surface area contributed by atoms with Crippen molar-refractivity contribution in [1.29, 1.82) is 0 Å². The molecule has 1 heterocycles. The van der Waals surface area contributed by atoms with E-state index < -0.39 is 0 Å². The zero-order valence-corrected chi connectivity index (χ0v) is 13.4. The van der Waals surface area contributed by atoms with Gasteiger partial charge in [-0.15, -0.1) is 0 Å². The van der Waals surface area contributed by atoms with Crippen LogP contribution in [0.15, 0.2) is 30.3 Å². The van der Waals surface area contributed by atoms with E-state index in [1.54, 1.807) is 6.07 Å². The quantitative estimate of drug-likeness (QED) is 0.889. The van der Waals surface area contributed by atoms with E-state index >= 15 is 0 Å². The van der Waals surface area contributed by atoms with Crippen LogP contribution in [0.1, 0.15) is 15.9 Å². The molecule has 0 bridgehead atoms. The summed E-state index contributed by atoms with van der Waals surface area (Å²) in [5.74, 6) is 0.984.